The maximum Gasteiger partial charge on any atom is 0.327 e. The molecule has 15 heteroatoms. The van der Waals surface area contributed by atoms with E-state index in [4.69, 9.17) is 22.9 Å². The Balaban J connectivity index is 5.52. The lowest BCUT2D eigenvalue weighted by Gasteiger charge is -2.26. The number of aliphatic carboxylic acids is 1. The highest BCUT2D eigenvalue weighted by Gasteiger charge is 2.30. The van der Waals surface area contributed by atoms with Gasteiger partial charge in [-0.05, 0) is 31.6 Å². The van der Waals surface area contributed by atoms with Crippen LogP contribution in [0.1, 0.15) is 46.0 Å². The van der Waals surface area contributed by atoms with Crippen molar-refractivity contribution in [1.82, 2.24) is 16.0 Å². The van der Waals surface area contributed by atoms with E-state index in [9.17, 15) is 29.1 Å². The van der Waals surface area contributed by atoms with Gasteiger partial charge >= 0.3 is 5.97 Å². The fraction of sp³-hybridized carbons (Fsp3) is 0.700. The summed E-state index contributed by atoms with van der Waals surface area (Å²) < 4.78 is 0. The van der Waals surface area contributed by atoms with Crippen molar-refractivity contribution in [2.45, 2.75) is 70.1 Å². The lowest BCUT2D eigenvalue weighted by molar-refractivity contribution is -0.141. The van der Waals surface area contributed by atoms with Crippen LogP contribution in [0, 0.1) is 5.92 Å². The minimum atomic E-state index is -1.27. The fourth-order valence-corrected chi connectivity index (χ4v) is 3.16. The van der Waals surface area contributed by atoms with Crippen LogP contribution in [-0.4, -0.2) is 77.1 Å². The van der Waals surface area contributed by atoms with Crippen molar-refractivity contribution in [2.75, 3.05) is 12.3 Å². The Bertz CT molecular complexity index is 775. The first kappa shape index (κ1) is 31.9. The van der Waals surface area contributed by atoms with Crippen molar-refractivity contribution < 1.29 is 29.1 Å². The first-order valence-corrected chi connectivity index (χ1v) is 11.8. The fourth-order valence-electron chi connectivity index (χ4n) is 2.91. The lowest BCUT2D eigenvalue weighted by Crippen LogP contribution is -2.57. The number of nitrogens with two attached hydrogens (primary N) is 4. The highest BCUT2D eigenvalue weighted by molar-refractivity contribution is 7.80. The molecule has 0 spiro atoms. The summed E-state index contributed by atoms with van der Waals surface area (Å²) in [4.78, 5) is 64.3. The minimum absolute atomic E-state index is 0.0117. The Morgan fingerprint density at radius 2 is 1.43 bits per heavy atom. The number of carboxylic acid groups (broad SMARTS) is 1. The molecular formula is C20H38N8O6S. The zero-order valence-electron chi connectivity index (χ0n) is 20.0. The summed E-state index contributed by atoms with van der Waals surface area (Å²) in [6.07, 6.45) is 0.518. The van der Waals surface area contributed by atoms with Gasteiger partial charge in [-0.1, -0.05) is 13.8 Å². The molecule has 0 aromatic heterocycles. The van der Waals surface area contributed by atoms with Gasteiger partial charge in [0.05, 0.1) is 6.04 Å². The normalized spacial score (nSPS) is 14.2. The second-order valence-electron chi connectivity index (χ2n) is 8.39. The molecule has 0 aromatic rings. The third kappa shape index (κ3) is 14.0. The van der Waals surface area contributed by atoms with Crippen LogP contribution in [0.3, 0.4) is 0 Å². The van der Waals surface area contributed by atoms with Crippen LogP contribution in [0.5, 0.6) is 0 Å². The number of nitrogens with one attached hydrogen (secondary N) is 3. The predicted molar refractivity (Wildman–Crippen MR) is 133 cm³/mol. The topological polar surface area (TPSA) is 258 Å². The predicted octanol–water partition coefficient (Wildman–Crippen LogP) is -2.85. The second kappa shape index (κ2) is 16.5. The molecule has 0 radical (unpaired) electrons. The van der Waals surface area contributed by atoms with E-state index < -0.39 is 53.8 Å². The molecule has 0 saturated heterocycles. The van der Waals surface area contributed by atoms with E-state index in [2.05, 4.69) is 33.6 Å². The van der Waals surface area contributed by atoms with Crippen LogP contribution in [0.25, 0.3) is 0 Å². The van der Waals surface area contributed by atoms with E-state index in [0.717, 1.165) is 0 Å². The van der Waals surface area contributed by atoms with Gasteiger partial charge in [0.2, 0.25) is 23.6 Å². The Hall–Kier alpha value is -3.07. The van der Waals surface area contributed by atoms with Gasteiger partial charge in [0, 0.05) is 18.7 Å². The molecule has 4 atom stereocenters. The quantitative estimate of drug-likeness (QED) is 0.0414. The summed E-state index contributed by atoms with van der Waals surface area (Å²) in [7, 11) is 0. The van der Waals surface area contributed by atoms with Gasteiger partial charge in [-0.3, -0.25) is 24.2 Å². The molecule has 0 heterocycles. The molecule has 12 N–H and O–H groups in total. The Kier molecular flexibility index (Phi) is 15.1. The average Bonchev–Trinajstić information content (AvgIpc) is 2.75. The standard InChI is InChI=1S/C20H38N8O6S/c1-10(2)8-13(18(32)28-14(9-35)19(33)34)27-17(31)12(4-3-7-25-20(23)24)26-16(30)11(21)5-6-15(22)29/h10-14,35H,3-9,21H2,1-2H3,(H2,22,29)(H,26,30)(H,27,31)(H,28,32)(H,33,34)(H4,23,24,25). The summed E-state index contributed by atoms with van der Waals surface area (Å²) in [6.45, 7) is 3.84. The SMILES string of the molecule is CC(C)CC(NC(=O)C(CCCN=C(N)N)NC(=O)C(N)CCC(N)=O)C(=O)NC(CS)C(=O)O. The number of aliphatic imine (C=N–C) groups is 1. The number of thiol groups is 1. The van der Waals surface area contributed by atoms with Gasteiger partial charge in [0.15, 0.2) is 5.96 Å². The maximum absolute atomic E-state index is 13.0. The van der Waals surface area contributed by atoms with E-state index in [1.807, 2.05) is 13.8 Å². The molecule has 0 aliphatic heterocycles. The number of primary amides is 1. The Morgan fingerprint density at radius 3 is 1.91 bits per heavy atom. The van der Waals surface area contributed by atoms with Crippen LogP contribution in [0.15, 0.2) is 4.99 Å². The summed E-state index contributed by atoms with van der Waals surface area (Å²) in [5.74, 6) is -4.24. The van der Waals surface area contributed by atoms with E-state index in [-0.39, 0.29) is 49.9 Å². The van der Waals surface area contributed by atoms with Crippen LogP contribution in [0.4, 0.5) is 0 Å². The van der Waals surface area contributed by atoms with Gasteiger partial charge in [0.25, 0.3) is 0 Å². The number of nitrogens with zero attached hydrogens (tertiary/aromatic N) is 1. The number of guanidine groups is 1. The van der Waals surface area contributed by atoms with Crippen molar-refractivity contribution in [3.05, 3.63) is 0 Å². The summed E-state index contributed by atoms with van der Waals surface area (Å²) in [5, 5.41) is 16.6. The molecule has 35 heavy (non-hydrogen) atoms. The van der Waals surface area contributed by atoms with Crippen LogP contribution >= 0.6 is 12.6 Å². The molecule has 0 saturated carbocycles. The molecule has 200 valence electrons. The van der Waals surface area contributed by atoms with Crippen molar-refractivity contribution in [1.29, 1.82) is 0 Å². The molecule has 4 amide bonds. The molecule has 0 rings (SSSR count). The molecule has 14 nitrogen and oxygen atoms in total. The van der Waals surface area contributed by atoms with Gasteiger partial charge in [-0.25, -0.2) is 4.79 Å². The summed E-state index contributed by atoms with van der Waals surface area (Å²) in [6, 6.07) is -4.49. The highest BCUT2D eigenvalue weighted by Crippen LogP contribution is 2.08. The smallest absolute Gasteiger partial charge is 0.327 e. The Morgan fingerprint density at radius 1 is 0.886 bits per heavy atom. The third-order valence-electron chi connectivity index (χ3n) is 4.75. The van der Waals surface area contributed by atoms with Crippen LogP contribution in [0.2, 0.25) is 0 Å². The molecule has 0 bridgehead atoms. The van der Waals surface area contributed by atoms with E-state index in [0.29, 0.717) is 6.42 Å². The first-order chi connectivity index (χ1) is 16.3. The third-order valence-corrected chi connectivity index (χ3v) is 5.12. The molecule has 0 aliphatic carbocycles. The van der Waals surface area contributed by atoms with Gasteiger partial charge < -0.3 is 44.0 Å². The monoisotopic (exact) mass is 518 g/mol. The largest absolute Gasteiger partial charge is 0.480 e. The van der Waals surface area contributed by atoms with Gasteiger partial charge in [0.1, 0.15) is 18.1 Å². The second-order valence-corrected chi connectivity index (χ2v) is 8.76. The molecule has 4 unspecified atom stereocenters. The summed E-state index contributed by atoms with van der Waals surface area (Å²) >= 11 is 3.92. The van der Waals surface area contributed by atoms with Crippen molar-refractivity contribution in [3.63, 3.8) is 0 Å². The molecule has 0 fully saturated rings. The lowest BCUT2D eigenvalue weighted by atomic mass is 10.0. The van der Waals surface area contributed by atoms with Crippen molar-refractivity contribution in [2.24, 2.45) is 33.8 Å². The number of hydrogen-bond donors (Lipinski definition) is 9. The number of carboxylic acids is 1. The molecule has 0 aliphatic rings. The van der Waals surface area contributed by atoms with E-state index in [1.165, 1.54) is 0 Å². The number of carbonyl (C=O) groups excluding carboxylic acids is 4. The Labute approximate surface area is 209 Å². The molecular weight excluding hydrogens is 480 g/mol. The van der Waals surface area contributed by atoms with E-state index >= 15 is 0 Å². The van der Waals surface area contributed by atoms with Gasteiger partial charge in [-0.15, -0.1) is 0 Å². The van der Waals surface area contributed by atoms with Gasteiger partial charge in [-0.2, -0.15) is 12.6 Å². The number of rotatable bonds is 17. The zero-order chi connectivity index (χ0) is 27.1. The van der Waals surface area contributed by atoms with Crippen molar-refractivity contribution >= 4 is 48.2 Å². The maximum atomic E-state index is 13.0. The first-order valence-electron chi connectivity index (χ1n) is 11.1. The highest BCUT2D eigenvalue weighted by atomic mass is 32.1. The van der Waals surface area contributed by atoms with Crippen molar-refractivity contribution in [3.8, 4) is 0 Å². The van der Waals surface area contributed by atoms with Crippen LogP contribution < -0.4 is 38.9 Å². The zero-order valence-corrected chi connectivity index (χ0v) is 20.9. The number of carbonyl (C=O) groups is 5. The van der Waals surface area contributed by atoms with E-state index in [1.54, 1.807) is 0 Å². The minimum Gasteiger partial charge on any atom is -0.480 e. The number of hydrogen-bond acceptors (Lipinski definition) is 8. The summed E-state index contributed by atoms with van der Waals surface area (Å²) in [5.41, 5.74) is 21.5. The van der Waals surface area contributed by atoms with Crippen LogP contribution in [-0.2, 0) is 24.0 Å². The molecule has 0 aromatic carbocycles. The average molecular weight is 519 g/mol. The number of amides is 4.